The molecule has 3 atom stereocenters. The second-order valence-corrected chi connectivity index (χ2v) is 6.12. The maximum Gasteiger partial charge on any atom is 0.0720 e. The minimum absolute atomic E-state index is 0.241. The second-order valence-electron chi connectivity index (χ2n) is 6.12. The molecule has 94 valence electrons. The van der Waals surface area contributed by atoms with E-state index in [4.69, 9.17) is 0 Å². The lowest BCUT2D eigenvalue weighted by molar-refractivity contribution is 0.121. The molecule has 0 aromatic carbocycles. The van der Waals surface area contributed by atoms with E-state index in [9.17, 15) is 5.11 Å². The second kappa shape index (κ2) is 5.86. The van der Waals surface area contributed by atoms with E-state index in [0.29, 0.717) is 11.3 Å². The number of rotatable bonds is 4. The number of hydrogen-bond donors (Lipinski definition) is 1. The van der Waals surface area contributed by atoms with Gasteiger partial charge in [0, 0.05) is 0 Å². The van der Waals surface area contributed by atoms with Crippen LogP contribution in [-0.2, 0) is 0 Å². The first-order valence-electron chi connectivity index (χ1n) is 6.83. The van der Waals surface area contributed by atoms with Crippen molar-refractivity contribution in [2.45, 2.75) is 65.9 Å². The van der Waals surface area contributed by atoms with Gasteiger partial charge in [-0.15, -0.1) is 0 Å². The Labute approximate surface area is 101 Å². The van der Waals surface area contributed by atoms with Crippen molar-refractivity contribution < 1.29 is 5.11 Å². The van der Waals surface area contributed by atoms with Crippen LogP contribution in [0.25, 0.3) is 0 Å². The lowest BCUT2D eigenvalue weighted by Crippen LogP contribution is -2.32. The summed E-state index contributed by atoms with van der Waals surface area (Å²) in [6.45, 7) is 9.19. The van der Waals surface area contributed by atoms with Gasteiger partial charge in [-0.2, -0.15) is 0 Å². The summed E-state index contributed by atoms with van der Waals surface area (Å²) in [4.78, 5) is 0. The Morgan fingerprint density at radius 2 is 2.12 bits per heavy atom. The predicted molar refractivity (Wildman–Crippen MR) is 70.3 cm³/mol. The summed E-state index contributed by atoms with van der Waals surface area (Å²) in [7, 11) is 0. The summed E-state index contributed by atoms with van der Waals surface area (Å²) in [5.41, 5.74) is 0.403. The average molecular weight is 224 g/mol. The van der Waals surface area contributed by atoms with Crippen LogP contribution in [0.15, 0.2) is 12.2 Å². The van der Waals surface area contributed by atoms with Crippen molar-refractivity contribution in [3.63, 3.8) is 0 Å². The van der Waals surface area contributed by atoms with Crippen LogP contribution in [0, 0.1) is 17.3 Å². The van der Waals surface area contributed by atoms with Gasteiger partial charge < -0.3 is 5.11 Å². The highest BCUT2D eigenvalue weighted by molar-refractivity contribution is 5.02. The molecule has 0 aromatic heterocycles. The molecule has 1 aliphatic carbocycles. The SMILES string of the molecule is CCCC(O)/C=C/C1C(C)CCCC1(C)C. The van der Waals surface area contributed by atoms with E-state index in [1.807, 2.05) is 6.08 Å². The van der Waals surface area contributed by atoms with Gasteiger partial charge >= 0.3 is 0 Å². The van der Waals surface area contributed by atoms with E-state index in [0.717, 1.165) is 18.8 Å². The fourth-order valence-corrected chi connectivity index (χ4v) is 3.09. The first-order valence-corrected chi connectivity index (χ1v) is 6.83. The zero-order valence-corrected chi connectivity index (χ0v) is 11.4. The van der Waals surface area contributed by atoms with Gasteiger partial charge in [-0.05, 0) is 30.1 Å². The Morgan fingerprint density at radius 1 is 1.44 bits per heavy atom. The minimum Gasteiger partial charge on any atom is -0.389 e. The molecule has 1 nitrogen and oxygen atoms in total. The van der Waals surface area contributed by atoms with Crippen molar-refractivity contribution in [2.24, 2.45) is 17.3 Å². The molecule has 1 heteroatoms. The number of aliphatic hydroxyl groups is 1. The summed E-state index contributed by atoms with van der Waals surface area (Å²) in [6, 6.07) is 0. The summed E-state index contributed by atoms with van der Waals surface area (Å²) < 4.78 is 0. The average Bonchev–Trinajstić information content (AvgIpc) is 2.16. The molecule has 0 spiro atoms. The highest BCUT2D eigenvalue weighted by Gasteiger charge is 2.34. The van der Waals surface area contributed by atoms with Crippen LogP contribution in [0.1, 0.15) is 59.8 Å². The van der Waals surface area contributed by atoms with E-state index >= 15 is 0 Å². The normalized spacial score (nSPS) is 31.8. The van der Waals surface area contributed by atoms with Gasteiger partial charge in [-0.1, -0.05) is 59.1 Å². The Morgan fingerprint density at radius 3 is 2.69 bits per heavy atom. The first-order chi connectivity index (χ1) is 7.47. The Kier molecular flexibility index (Phi) is 5.04. The van der Waals surface area contributed by atoms with Crippen LogP contribution < -0.4 is 0 Å². The highest BCUT2D eigenvalue weighted by Crippen LogP contribution is 2.44. The molecule has 1 fully saturated rings. The Balaban J connectivity index is 2.61. The van der Waals surface area contributed by atoms with Gasteiger partial charge in [0.2, 0.25) is 0 Å². The number of allylic oxidation sites excluding steroid dienone is 1. The standard InChI is InChI=1S/C15H28O/c1-5-7-13(16)9-10-14-12(2)8-6-11-15(14,3)4/h9-10,12-14,16H,5-8,11H2,1-4H3/b10-9+. The molecule has 3 unspecified atom stereocenters. The van der Waals surface area contributed by atoms with E-state index in [1.165, 1.54) is 19.3 Å². The van der Waals surface area contributed by atoms with Gasteiger partial charge in [-0.25, -0.2) is 0 Å². The summed E-state index contributed by atoms with van der Waals surface area (Å²) in [5.74, 6) is 1.39. The highest BCUT2D eigenvalue weighted by atomic mass is 16.3. The third-order valence-electron chi connectivity index (χ3n) is 4.12. The number of hydrogen-bond acceptors (Lipinski definition) is 1. The third kappa shape index (κ3) is 3.62. The van der Waals surface area contributed by atoms with E-state index in [2.05, 4.69) is 33.8 Å². The molecule has 16 heavy (non-hydrogen) atoms. The van der Waals surface area contributed by atoms with Crippen LogP contribution in [0.2, 0.25) is 0 Å². The van der Waals surface area contributed by atoms with Gasteiger partial charge in [0.1, 0.15) is 0 Å². The Hall–Kier alpha value is -0.300. The zero-order chi connectivity index (χ0) is 12.2. The molecule has 0 bridgehead atoms. The predicted octanol–water partition coefficient (Wildman–Crippen LogP) is 4.17. The van der Waals surface area contributed by atoms with Crippen molar-refractivity contribution in [3.8, 4) is 0 Å². The van der Waals surface area contributed by atoms with Gasteiger partial charge in [0.05, 0.1) is 6.10 Å². The fourth-order valence-electron chi connectivity index (χ4n) is 3.09. The van der Waals surface area contributed by atoms with Crippen LogP contribution in [0.5, 0.6) is 0 Å². The van der Waals surface area contributed by atoms with E-state index in [-0.39, 0.29) is 6.10 Å². The molecule has 0 heterocycles. The molecule has 1 saturated carbocycles. The topological polar surface area (TPSA) is 20.2 Å². The molecule has 0 amide bonds. The molecule has 1 rings (SSSR count). The van der Waals surface area contributed by atoms with Crippen molar-refractivity contribution >= 4 is 0 Å². The minimum atomic E-state index is -0.241. The zero-order valence-electron chi connectivity index (χ0n) is 11.4. The van der Waals surface area contributed by atoms with Crippen molar-refractivity contribution in [1.82, 2.24) is 0 Å². The van der Waals surface area contributed by atoms with E-state index in [1.54, 1.807) is 0 Å². The summed E-state index contributed by atoms with van der Waals surface area (Å²) in [6.07, 6.45) is 10.0. The van der Waals surface area contributed by atoms with Crippen LogP contribution in [-0.4, -0.2) is 11.2 Å². The van der Waals surface area contributed by atoms with Crippen LogP contribution >= 0.6 is 0 Å². The van der Waals surface area contributed by atoms with E-state index < -0.39 is 0 Å². The molecular weight excluding hydrogens is 196 g/mol. The van der Waals surface area contributed by atoms with Gasteiger partial charge in [0.15, 0.2) is 0 Å². The quantitative estimate of drug-likeness (QED) is 0.711. The molecular formula is C15H28O. The van der Waals surface area contributed by atoms with Crippen molar-refractivity contribution in [1.29, 1.82) is 0 Å². The monoisotopic (exact) mass is 224 g/mol. The molecule has 0 saturated heterocycles. The van der Waals surface area contributed by atoms with Gasteiger partial charge in [-0.3, -0.25) is 0 Å². The van der Waals surface area contributed by atoms with Gasteiger partial charge in [0.25, 0.3) is 0 Å². The maximum absolute atomic E-state index is 9.75. The molecule has 1 N–H and O–H groups in total. The first kappa shape index (κ1) is 13.8. The summed E-state index contributed by atoms with van der Waals surface area (Å²) >= 11 is 0. The van der Waals surface area contributed by atoms with Crippen molar-refractivity contribution in [2.75, 3.05) is 0 Å². The number of aliphatic hydroxyl groups excluding tert-OH is 1. The third-order valence-corrected chi connectivity index (χ3v) is 4.12. The maximum atomic E-state index is 9.75. The lowest BCUT2D eigenvalue weighted by atomic mass is 9.64. The van der Waals surface area contributed by atoms with Crippen LogP contribution in [0.3, 0.4) is 0 Å². The molecule has 1 aliphatic rings. The smallest absolute Gasteiger partial charge is 0.0720 e. The lowest BCUT2D eigenvalue weighted by Gasteiger charge is -2.41. The summed E-state index contributed by atoms with van der Waals surface area (Å²) in [5, 5.41) is 9.75. The molecule has 0 aromatic rings. The van der Waals surface area contributed by atoms with Crippen molar-refractivity contribution in [3.05, 3.63) is 12.2 Å². The fraction of sp³-hybridized carbons (Fsp3) is 0.867. The Bertz CT molecular complexity index is 230. The molecule has 0 aliphatic heterocycles. The van der Waals surface area contributed by atoms with Crippen LogP contribution in [0.4, 0.5) is 0 Å². The molecule has 0 radical (unpaired) electrons. The largest absolute Gasteiger partial charge is 0.389 e.